The number of benzene rings is 1. The summed E-state index contributed by atoms with van der Waals surface area (Å²) in [6.07, 6.45) is -4.76. The van der Waals surface area contributed by atoms with E-state index in [4.69, 9.17) is 5.26 Å². The second-order valence-corrected chi connectivity index (χ2v) is 3.54. The van der Waals surface area contributed by atoms with Crippen LogP contribution in [0.5, 0.6) is 0 Å². The van der Waals surface area contributed by atoms with E-state index in [1.54, 1.807) is 0 Å². The second kappa shape index (κ2) is 4.16. The van der Waals surface area contributed by atoms with Crippen molar-refractivity contribution in [2.24, 2.45) is 0 Å². The quantitative estimate of drug-likeness (QED) is 0.800. The van der Waals surface area contributed by atoms with E-state index in [9.17, 15) is 22.8 Å². The average Bonchev–Trinajstić information content (AvgIpc) is 2.67. The molecule has 0 unspecified atom stereocenters. The molecule has 9 heteroatoms. The summed E-state index contributed by atoms with van der Waals surface area (Å²) in [6, 6.07) is 3.96. The van der Waals surface area contributed by atoms with Gasteiger partial charge in [-0.15, -0.1) is 0 Å². The predicted molar refractivity (Wildman–Crippen MR) is 56.7 cm³/mol. The van der Waals surface area contributed by atoms with E-state index in [1.165, 1.54) is 6.07 Å². The van der Waals surface area contributed by atoms with Crippen LogP contribution in [-0.2, 0) is 6.18 Å². The minimum Gasteiger partial charge on any atom is -0.247 e. The average molecular weight is 270 g/mol. The molecule has 98 valence electrons. The van der Waals surface area contributed by atoms with Crippen molar-refractivity contribution in [2.75, 3.05) is 0 Å². The number of hydrogen-bond donors (Lipinski definition) is 2. The standard InChI is InChI=1S/C10H5F3N4O2/c11-10(12,13)7-3-6(2-1-5(7)4-14)17-8(18)15-16-9(17)19/h1-3H,(H,15,18)(H,16,19). The third-order valence-electron chi connectivity index (χ3n) is 2.37. The third-order valence-corrected chi connectivity index (χ3v) is 2.37. The first-order chi connectivity index (χ1) is 8.84. The Morgan fingerprint density at radius 1 is 1.16 bits per heavy atom. The van der Waals surface area contributed by atoms with Crippen molar-refractivity contribution < 1.29 is 13.2 Å². The van der Waals surface area contributed by atoms with Gasteiger partial charge in [-0.05, 0) is 18.2 Å². The number of nitrogens with one attached hydrogen (secondary N) is 2. The minimum atomic E-state index is -4.76. The first kappa shape index (κ1) is 12.7. The van der Waals surface area contributed by atoms with Crippen LogP contribution < -0.4 is 11.4 Å². The Hall–Kier alpha value is -2.76. The maximum atomic E-state index is 12.7. The summed E-state index contributed by atoms with van der Waals surface area (Å²) in [6.45, 7) is 0. The molecule has 1 heterocycles. The Morgan fingerprint density at radius 2 is 1.74 bits per heavy atom. The molecule has 19 heavy (non-hydrogen) atoms. The molecule has 0 spiro atoms. The molecule has 0 fully saturated rings. The zero-order valence-corrected chi connectivity index (χ0v) is 9.08. The van der Waals surface area contributed by atoms with E-state index in [-0.39, 0.29) is 5.69 Å². The molecule has 1 aromatic carbocycles. The number of rotatable bonds is 1. The largest absolute Gasteiger partial charge is 0.417 e. The van der Waals surface area contributed by atoms with E-state index in [0.29, 0.717) is 10.6 Å². The van der Waals surface area contributed by atoms with Gasteiger partial charge in [0, 0.05) is 0 Å². The fraction of sp³-hybridized carbons (Fsp3) is 0.100. The molecule has 0 amide bonds. The van der Waals surface area contributed by atoms with Gasteiger partial charge in [0.25, 0.3) is 0 Å². The molecule has 0 atom stereocenters. The SMILES string of the molecule is N#Cc1ccc(-n2c(=O)[nH][nH]c2=O)cc1C(F)(F)F. The molecule has 0 bridgehead atoms. The van der Waals surface area contributed by atoms with Gasteiger partial charge in [-0.25, -0.2) is 24.4 Å². The van der Waals surface area contributed by atoms with Crippen molar-refractivity contribution in [3.05, 3.63) is 50.3 Å². The molecule has 0 aliphatic heterocycles. The lowest BCUT2D eigenvalue weighted by Gasteiger charge is -2.10. The maximum absolute atomic E-state index is 12.7. The van der Waals surface area contributed by atoms with Crippen molar-refractivity contribution >= 4 is 0 Å². The van der Waals surface area contributed by atoms with Crippen LogP contribution in [0.3, 0.4) is 0 Å². The lowest BCUT2D eigenvalue weighted by molar-refractivity contribution is -0.137. The normalized spacial score (nSPS) is 11.3. The number of nitrogens with zero attached hydrogens (tertiary/aromatic N) is 2. The topological polar surface area (TPSA) is 94.4 Å². The lowest BCUT2D eigenvalue weighted by atomic mass is 10.1. The van der Waals surface area contributed by atoms with Crippen LogP contribution >= 0.6 is 0 Å². The van der Waals surface area contributed by atoms with E-state index in [0.717, 1.165) is 12.1 Å². The molecule has 0 saturated heterocycles. The van der Waals surface area contributed by atoms with Gasteiger partial charge in [0.1, 0.15) is 0 Å². The van der Waals surface area contributed by atoms with Crippen LogP contribution in [0.15, 0.2) is 27.8 Å². The van der Waals surface area contributed by atoms with Crippen LogP contribution in [0, 0.1) is 11.3 Å². The molecule has 0 aliphatic carbocycles. The molecule has 1 aromatic heterocycles. The first-order valence-electron chi connectivity index (χ1n) is 4.86. The van der Waals surface area contributed by atoms with Crippen molar-refractivity contribution in [1.29, 1.82) is 5.26 Å². The van der Waals surface area contributed by atoms with Crippen LogP contribution in [0.2, 0.25) is 0 Å². The fourth-order valence-corrected chi connectivity index (χ4v) is 1.55. The van der Waals surface area contributed by atoms with Crippen LogP contribution in [0.4, 0.5) is 13.2 Å². The van der Waals surface area contributed by atoms with Gasteiger partial charge in [0.15, 0.2) is 0 Å². The van der Waals surface area contributed by atoms with Crippen molar-refractivity contribution in [3.63, 3.8) is 0 Å². The van der Waals surface area contributed by atoms with Gasteiger partial charge >= 0.3 is 17.6 Å². The molecule has 2 N–H and O–H groups in total. The van der Waals surface area contributed by atoms with Crippen molar-refractivity contribution in [1.82, 2.24) is 14.8 Å². The maximum Gasteiger partial charge on any atom is 0.417 e. The Kier molecular flexibility index (Phi) is 2.78. The number of aromatic nitrogens is 3. The zero-order valence-electron chi connectivity index (χ0n) is 9.08. The monoisotopic (exact) mass is 270 g/mol. The van der Waals surface area contributed by atoms with Gasteiger partial charge in [-0.1, -0.05) is 0 Å². The van der Waals surface area contributed by atoms with Crippen LogP contribution in [-0.4, -0.2) is 14.8 Å². The van der Waals surface area contributed by atoms with E-state index in [1.807, 2.05) is 10.2 Å². The fourth-order valence-electron chi connectivity index (χ4n) is 1.55. The molecule has 0 aliphatic rings. The van der Waals surface area contributed by atoms with Gasteiger partial charge in [0.2, 0.25) is 0 Å². The molecule has 2 rings (SSSR count). The molecule has 2 aromatic rings. The van der Waals surface area contributed by atoms with Gasteiger partial charge in [-0.2, -0.15) is 18.4 Å². The Labute approximate surface area is 102 Å². The van der Waals surface area contributed by atoms with E-state index < -0.39 is 28.7 Å². The highest BCUT2D eigenvalue weighted by atomic mass is 19.4. The lowest BCUT2D eigenvalue weighted by Crippen LogP contribution is -2.25. The van der Waals surface area contributed by atoms with E-state index in [2.05, 4.69) is 0 Å². The van der Waals surface area contributed by atoms with Gasteiger partial charge in [-0.3, -0.25) is 0 Å². The molecule has 6 nitrogen and oxygen atoms in total. The number of aromatic amines is 2. The summed E-state index contributed by atoms with van der Waals surface area (Å²) in [5, 5.41) is 12.5. The van der Waals surface area contributed by atoms with E-state index >= 15 is 0 Å². The number of halogens is 3. The smallest absolute Gasteiger partial charge is 0.247 e. The third kappa shape index (κ3) is 2.15. The highest BCUT2D eigenvalue weighted by Gasteiger charge is 2.34. The predicted octanol–water partition coefficient (Wildman–Crippen LogP) is 0.744. The zero-order chi connectivity index (χ0) is 14.2. The van der Waals surface area contributed by atoms with Crippen LogP contribution in [0.25, 0.3) is 5.69 Å². The van der Waals surface area contributed by atoms with Gasteiger partial charge in [0.05, 0.1) is 22.9 Å². The summed E-state index contributed by atoms with van der Waals surface area (Å²) in [7, 11) is 0. The number of nitriles is 1. The molecule has 0 saturated carbocycles. The summed E-state index contributed by atoms with van der Waals surface area (Å²) in [5.74, 6) is 0. The molecule has 0 radical (unpaired) electrons. The van der Waals surface area contributed by atoms with Crippen molar-refractivity contribution in [3.8, 4) is 11.8 Å². The molecular formula is C10H5F3N4O2. The Balaban J connectivity index is 2.74. The first-order valence-corrected chi connectivity index (χ1v) is 4.86. The highest BCUT2D eigenvalue weighted by Crippen LogP contribution is 2.32. The number of H-pyrrole nitrogens is 2. The highest BCUT2D eigenvalue weighted by molar-refractivity contribution is 5.47. The Morgan fingerprint density at radius 3 is 2.21 bits per heavy atom. The minimum absolute atomic E-state index is 0.279. The summed E-state index contributed by atoms with van der Waals surface area (Å²) < 4.78 is 38.7. The van der Waals surface area contributed by atoms with Crippen molar-refractivity contribution in [2.45, 2.75) is 6.18 Å². The summed E-state index contributed by atoms with van der Waals surface area (Å²) in [4.78, 5) is 22.6. The Bertz CT molecular complexity index is 748. The number of hydrogen-bond acceptors (Lipinski definition) is 3. The summed E-state index contributed by atoms with van der Waals surface area (Å²) >= 11 is 0. The second-order valence-electron chi connectivity index (χ2n) is 3.54. The summed E-state index contributed by atoms with van der Waals surface area (Å²) in [5.41, 5.74) is -3.87. The number of alkyl halides is 3. The van der Waals surface area contributed by atoms with Crippen LogP contribution in [0.1, 0.15) is 11.1 Å². The molecular weight excluding hydrogens is 265 g/mol. The van der Waals surface area contributed by atoms with Gasteiger partial charge < -0.3 is 0 Å².